The van der Waals surface area contributed by atoms with E-state index in [-0.39, 0.29) is 19.5 Å². The molecule has 1 aliphatic rings. The fraction of sp³-hybridized carbons (Fsp3) is 0.818. The zero-order valence-corrected chi connectivity index (χ0v) is 13.0. The van der Waals surface area contributed by atoms with E-state index in [0.29, 0.717) is 0 Å². The molecule has 21 heavy (non-hydrogen) atoms. The molecule has 0 aromatic rings. The fourth-order valence-corrected chi connectivity index (χ4v) is 4.09. The Hall–Kier alpha value is -1.31. The Kier molecular flexibility index (Phi) is 4.92. The summed E-state index contributed by atoms with van der Waals surface area (Å²) in [5, 5.41) is 9.15. The molecule has 1 heterocycles. The molecule has 2 N–H and O–H groups in total. The summed E-state index contributed by atoms with van der Waals surface area (Å²) < 4.78 is 23.0. The monoisotopic (exact) mass is 322 g/mol. The fourth-order valence-electron chi connectivity index (χ4n) is 1.80. The van der Waals surface area contributed by atoms with Crippen LogP contribution < -0.4 is 5.73 Å². The average Bonchev–Trinajstić information content (AvgIpc) is 2.38. The molecule has 1 fully saturated rings. The lowest BCUT2D eigenvalue weighted by Crippen LogP contribution is -2.44. The summed E-state index contributed by atoms with van der Waals surface area (Å²) in [7, 11) is -4.14. The Bertz CT molecular complexity index is 493. The molecule has 1 amide bonds. The van der Waals surface area contributed by atoms with Crippen molar-refractivity contribution in [3.63, 3.8) is 0 Å². The summed E-state index contributed by atoms with van der Waals surface area (Å²) in [6.07, 6.45) is -0.444. The maximum atomic E-state index is 12.7. The second-order valence-corrected chi connectivity index (χ2v) is 8.51. The van der Waals surface area contributed by atoms with Gasteiger partial charge in [-0.1, -0.05) is 13.8 Å². The van der Waals surface area contributed by atoms with Gasteiger partial charge in [0.1, 0.15) is 12.2 Å². The highest BCUT2D eigenvalue weighted by Crippen LogP contribution is 2.65. The second-order valence-electron chi connectivity index (χ2n) is 6.03. The molecule has 0 aliphatic carbocycles. The highest BCUT2D eigenvalue weighted by molar-refractivity contribution is 7.55. The van der Waals surface area contributed by atoms with Crippen molar-refractivity contribution in [2.24, 2.45) is 17.1 Å². The van der Waals surface area contributed by atoms with Crippen LogP contribution in [-0.4, -0.2) is 35.6 Å². The summed E-state index contributed by atoms with van der Waals surface area (Å²) in [5.74, 6) is -2.46. The Morgan fingerprint density at radius 2 is 2.00 bits per heavy atom. The van der Waals surface area contributed by atoms with Crippen LogP contribution in [0.25, 0.3) is 0 Å². The maximum absolute atomic E-state index is 12.7. The molecular weight excluding hydrogens is 303 g/mol. The van der Waals surface area contributed by atoms with Gasteiger partial charge in [0, 0.05) is 23.7 Å². The molecule has 0 bridgehead atoms. The number of nitrogens with zero attached hydrogens (tertiary/aromatic N) is 1. The van der Waals surface area contributed by atoms with Crippen LogP contribution >= 0.6 is 7.60 Å². The van der Waals surface area contributed by atoms with E-state index >= 15 is 0 Å². The number of hydrogen-bond donors (Lipinski definition) is 1. The third-order valence-corrected chi connectivity index (χ3v) is 5.83. The minimum absolute atomic E-state index is 0.00996. The molecule has 0 aromatic carbocycles. The van der Waals surface area contributed by atoms with Gasteiger partial charge in [0.05, 0.1) is 13.2 Å². The molecule has 10 heteroatoms. The molecule has 2 atom stereocenters. The molecule has 2 unspecified atom stereocenters. The maximum Gasteiger partial charge on any atom is 0.406 e. The van der Waals surface area contributed by atoms with Crippen molar-refractivity contribution < 1.29 is 28.1 Å². The smallest absolute Gasteiger partial charge is 0.369 e. The number of primary amides is 1. The van der Waals surface area contributed by atoms with Crippen molar-refractivity contribution in [3.05, 3.63) is 10.1 Å². The molecule has 0 spiro atoms. The van der Waals surface area contributed by atoms with E-state index in [2.05, 4.69) is 0 Å². The standard InChI is InChI=1S/C11H19N2O7P/c1-10(2)6-19-21(18,20-7-10)11(3,13(16)17)4-8(5-14)9(12)15/h5,8H,4,6-7H2,1-3H3,(H2,12,15). The van der Waals surface area contributed by atoms with Crippen molar-refractivity contribution in [3.8, 4) is 0 Å². The number of carbonyl (C=O) groups excluding carboxylic acids is 2. The van der Waals surface area contributed by atoms with Crippen molar-refractivity contribution in [2.45, 2.75) is 32.5 Å². The SMILES string of the molecule is CC1(C)COP(=O)(C(C)(CC(C=O)C(N)=O)[N+](=O)[O-])OC1. The summed E-state index contributed by atoms with van der Waals surface area (Å²) in [6, 6.07) is 0. The number of hydrogen-bond acceptors (Lipinski definition) is 7. The molecule has 0 saturated carbocycles. The Labute approximate surface area is 121 Å². The van der Waals surface area contributed by atoms with E-state index in [9.17, 15) is 24.3 Å². The lowest BCUT2D eigenvalue weighted by molar-refractivity contribution is -0.542. The largest absolute Gasteiger partial charge is 0.406 e. The van der Waals surface area contributed by atoms with Crippen molar-refractivity contribution in [1.82, 2.24) is 0 Å². The van der Waals surface area contributed by atoms with Gasteiger partial charge < -0.3 is 19.6 Å². The van der Waals surface area contributed by atoms with Crippen LogP contribution in [0.1, 0.15) is 27.2 Å². The van der Waals surface area contributed by atoms with Crippen LogP contribution in [0.2, 0.25) is 0 Å². The first-order valence-electron chi connectivity index (χ1n) is 6.26. The average molecular weight is 322 g/mol. The first kappa shape index (κ1) is 17.7. The second kappa shape index (κ2) is 5.82. The van der Waals surface area contributed by atoms with Crippen molar-refractivity contribution in [2.75, 3.05) is 13.2 Å². The molecular formula is C11H19N2O7P. The Balaban J connectivity index is 3.11. The van der Waals surface area contributed by atoms with Gasteiger partial charge in [-0.15, -0.1) is 0 Å². The van der Waals surface area contributed by atoms with Gasteiger partial charge in [0.15, 0.2) is 0 Å². The highest BCUT2D eigenvalue weighted by atomic mass is 31.2. The molecule has 1 saturated heterocycles. The molecule has 1 aliphatic heterocycles. The minimum Gasteiger partial charge on any atom is -0.369 e. The van der Waals surface area contributed by atoms with Gasteiger partial charge in [0.2, 0.25) is 5.91 Å². The van der Waals surface area contributed by atoms with Crippen LogP contribution in [-0.2, 0) is 23.2 Å². The minimum atomic E-state index is -4.14. The van der Waals surface area contributed by atoms with Gasteiger partial charge in [-0.2, -0.15) is 0 Å². The van der Waals surface area contributed by atoms with Gasteiger partial charge in [0.25, 0.3) is 0 Å². The van der Waals surface area contributed by atoms with Gasteiger partial charge in [-0.05, 0) is 0 Å². The van der Waals surface area contributed by atoms with Crippen LogP contribution in [0.5, 0.6) is 0 Å². The third kappa shape index (κ3) is 3.48. The number of rotatable bonds is 6. The van der Waals surface area contributed by atoms with Gasteiger partial charge in [-0.3, -0.25) is 19.5 Å². The number of nitro groups is 1. The lowest BCUT2D eigenvalue weighted by atomic mass is 9.97. The van der Waals surface area contributed by atoms with E-state index in [1.165, 1.54) is 0 Å². The summed E-state index contributed by atoms with van der Waals surface area (Å²) in [4.78, 5) is 32.5. The summed E-state index contributed by atoms with van der Waals surface area (Å²) in [6.45, 7) is 4.63. The first-order chi connectivity index (χ1) is 9.47. The molecule has 0 aromatic heterocycles. The third-order valence-electron chi connectivity index (χ3n) is 3.37. The zero-order chi connectivity index (χ0) is 16.5. The molecule has 1 rings (SSSR count). The van der Waals surface area contributed by atoms with Crippen LogP contribution in [0.3, 0.4) is 0 Å². The van der Waals surface area contributed by atoms with Crippen molar-refractivity contribution >= 4 is 19.8 Å². The van der Waals surface area contributed by atoms with E-state index in [4.69, 9.17) is 14.8 Å². The van der Waals surface area contributed by atoms with E-state index in [1.54, 1.807) is 13.8 Å². The predicted molar refractivity (Wildman–Crippen MR) is 72.1 cm³/mol. The van der Waals surface area contributed by atoms with E-state index in [0.717, 1.165) is 6.92 Å². The zero-order valence-electron chi connectivity index (χ0n) is 12.1. The topological polar surface area (TPSA) is 139 Å². The van der Waals surface area contributed by atoms with Gasteiger partial charge in [-0.25, -0.2) is 0 Å². The number of nitrogens with two attached hydrogens (primary N) is 1. The Morgan fingerprint density at radius 3 is 2.33 bits per heavy atom. The normalized spacial score (nSPS) is 24.5. The number of amides is 1. The van der Waals surface area contributed by atoms with Crippen LogP contribution in [0, 0.1) is 21.4 Å². The molecule has 0 radical (unpaired) electrons. The van der Waals surface area contributed by atoms with E-state index < -0.39 is 41.5 Å². The van der Waals surface area contributed by atoms with Crippen LogP contribution in [0.4, 0.5) is 0 Å². The predicted octanol–water partition coefficient (Wildman–Crippen LogP) is 0.936. The number of carbonyl (C=O) groups is 2. The molecule has 120 valence electrons. The lowest BCUT2D eigenvalue weighted by Gasteiger charge is -2.38. The molecule has 9 nitrogen and oxygen atoms in total. The number of aldehydes is 1. The van der Waals surface area contributed by atoms with Gasteiger partial charge >= 0.3 is 12.9 Å². The van der Waals surface area contributed by atoms with Crippen LogP contribution in [0.15, 0.2) is 0 Å². The summed E-state index contributed by atoms with van der Waals surface area (Å²) >= 11 is 0. The van der Waals surface area contributed by atoms with E-state index in [1.807, 2.05) is 0 Å². The quantitative estimate of drug-likeness (QED) is 0.252. The van der Waals surface area contributed by atoms with Crippen molar-refractivity contribution in [1.29, 1.82) is 0 Å². The summed E-state index contributed by atoms with van der Waals surface area (Å²) in [5.41, 5.74) is 4.57. The highest BCUT2D eigenvalue weighted by Gasteiger charge is 2.62. The first-order valence-corrected chi connectivity index (χ1v) is 7.80. The Morgan fingerprint density at radius 1 is 1.52 bits per heavy atom.